The summed E-state index contributed by atoms with van der Waals surface area (Å²) in [5.41, 5.74) is 0. The molecule has 0 aromatic carbocycles. The molecule has 2 amide bonds. The van der Waals surface area contributed by atoms with Gasteiger partial charge >= 0.3 is 0 Å². The van der Waals surface area contributed by atoms with Crippen LogP contribution in [0.1, 0.15) is 29.4 Å². The van der Waals surface area contributed by atoms with Gasteiger partial charge in [-0.1, -0.05) is 0 Å². The minimum Gasteiger partial charge on any atom is -0.338 e. The Bertz CT molecular complexity index is 466. The summed E-state index contributed by atoms with van der Waals surface area (Å²) in [5, 5.41) is 6.40. The first-order chi connectivity index (χ1) is 9.11. The molecule has 1 aliphatic rings. The van der Waals surface area contributed by atoms with E-state index in [4.69, 9.17) is 0 Å². The Morgan fingerprint density at radius 2 is 2.00 bits per heavy atom. The Balaban J connectivity index is 1.98. The fourth-order valence-electron chi connectivity index (χ4n) is 1.96. The number of nitrogens with one attached hydrogen (secondary N) is 2. The van der Waals surface area contributed by atoms with Gasteiger partial charge in [0.2, 0.25) is 5.91 Å². The third-order valence-electron chi connectivity index (χ3n) is 3.28. The lowest BCUT2D eigenvalue weighted by molar-refractivity contribution is -0.117. The average molecular weight is 281 g/mol. The van der Waals surface area contributed by atoms with E-state index in [0.717, 1.165) is 30.9 Å². The lowest BCUT2D eigenvalue weighted by atomic mass is 10.3. The molecule has 2 heterocycles. The molecule has 0 radical (unpaired) electrons. The van der Waals surface area contributed by atoms with Crippen molar-refractivity contribution in [2.24, 2.45) is 0 Å². The summed E-state index contributed by atoms with van der Waals surface area (Å²) in [6, 6.07) is 3.32. The molecule has 2 N–H and O–H groups in total. The number of carbonyl (C=O) groups excluding carboxylic acids is 2. The Morgan fingerprint density at radius 1 is 1.32 bits per heavy atom. The molecule has 1 atom stereocenters. The van der Waals surface area contributed by atoms with Gasteiger partial charge in [-0.25, -0.2) is 0 Å². The summed E-state index contributed by atoms with van der Waals surface area (Å²) < 4.78 is 0. The molecule has 2 rings (SSSR count). The zero-order valence-corrected chi connectivity index (χ0v) is 12.0. The second-order valence-electron chi connectivity index (χ2n) is 4.66. The van der Waals surface area contributed by atoms with Crippen molar-refractivity contribution in [3.8, 4) is 0 Å². The number of anilines is 1. The van der Waals surface area contributed by atoms with E-state index in [1.165, 1.54) is 11.3 Å². The van der Waals surface area contributed by atoms with Crippen molar-refractivity contribution in [3.63, 3.8) is 0 Å². The number of hydrogen-bond donors (Lipinski definition) is 2. The highest BCUT2D eigenvalue weighted by Crippen LogP contribution is 2.24. The van der Waals surface area contributed by atoms with Gasteiger partial charge in [0, 0.05) is 13.1 Å². The van der Waals surface area contributed by atoms with E-state index in [1.807, 2.05) is 4.90 Å². The van der Waals surface area contributed by atoms with Crippen LogP contribution in [0.25, 0.3) is 0 Å². The molecule has 5 nitrogen and oxygen atoms in total. The fraction of sp³-hybridized carbons (Fsp3) is 0.538. The highest BCUT2D eigenvalue weighted by molar-refractivity contribution is 7.18. The fourth-order valence-corrected chi connectivity index (χ4v) is 2.83. The maximum Gasteiger partial charge on any atom is 0.263 e. The SMILES string of the molecule is CN[C@H](C)C(=O)Nc1ccc(C(=O)N2CCCC2)s1. The molecule has 1 aromatic heterocycles. The maximum atomic E-state index is 12.1. The number of likely N-dealkylation sites (tertiary alicyclic amines) is 1. The van der Waals surface area contributed by atoms with Crippen LogP contribution < -0.4 is 10.6 Å². The number of likely N-dealkylation sites (N-methyl/N-ethyl adjacent to an activating group) is 1. The molecule has 0 bridgehead atoms. The Morgan fingerprint density at radius 3 is 2.63 bits per heavy atom. The van der Waals surface area contributed by atoms with Crippen LogP contribution in [0.3, 0.4) is 0 Å². The highest BCUT2D eigenvalue weighted by Gasteiger charge is 2.21. The predicted octanol–water partition coefficient (Wildman–Crippen LogP) is 1.53. The van der Waals surface area contributed by atoms with Gasteiger partial charge in [0.05, 0.1) is 15.9 Å². The second-order valence-corrected chi connectivity index (χ2v) is 5.75. The van der Waals surface area contributed by atoms with Crippen molar-refractivity contribution < 1.29 is 9.59 Å². The molecule has 0 spiro atoms. The lowest BCUT2D eigenvalue weighted by Crippen LogP contribution is -2.35. The molecule has 19 heavy (non-hydrogen) atoms. The topological polar surface area (TPSA) is 61.4 Å². The first-order valence-corrected chi connectivity index (χ1v) is 7.30. The quantitative estimate of drug-likeness (QED) is 0.880. The smallest absolute Gasteiger partial charge is 0.263 e. The number of thiophene rings is 1. The molecular weight excluding hydrogens is 262 g/mol. The number of rotatable bonds is 4. The van der Waals surface area contributed by atoms with Crippen LogP contribution in [0.5, 0.6) is 0 Å². The lowest BCUT2D eigenvalue weighted by Gasteiger charge is -2.13. The summed E-state index contributed by atoms with van der Waals surface area (Å²) in [7, 11) is 1.74. The number of nitrogens with zero attached hydrogens (tertiary/aromatic N) is 1. The minimum atomic E-state index is -0.250. The monoisotopic (exact) mass is 281 g/mol. The van der Waals surface area contributed by atoms with E-state index in [1.54, 1.807) is 26.1 Å². The third kappa shape index (κ3) is 3.33. The zero-order chi connectivity index (χ0) is 13.8. The van der Waals surface area contributed by atoms with Crippen LogP contribution in [0.2, 0.25) is 0 Å². The van der Waals surface area contributed by atoms with Crippen LogP contribution in [-0.4, -0.2) is 42.9 Å². The van der Waals surface area contributed by atoms with Crippen molar-refractivity contribution in [3.05, 3.63) is 17.0 Å². The van der Waals surface area contributed by atoms with E-state index in [-0.39, 0.29) is 17.9 Å². The molecule has 1 aromatic rings. The van der Waals surface area contributed by atoms with Gasteiger partial charge in [0.25, 0.3) is 5.91 Å². The van der Waals surface area contributed by atoms with Crippen molar-refractivity contribution in [2.45, 2.75) is 25.8 Å². The molecule has 104 valence electrons. The van der Waals surface area contributed by atoms with E-state index in [9.17, 15) is 9.59 Å². The van der Waals surface area contributed by atoms with E-state index < -0.39 is 0 Å². The average Bonchev–Trinajstić information content (AvgIpc) is 3.07. The van der Waals surface area contributed by atoms with Crippen LogP contribution in [0.15, 0.2) is 12.1 Å². The first kappa shape index (κ1) is 14.0. The van der Waals surface area contributed by atoms with Crippen LogP contribution in [-0.2, 0) is 4.79 Å². The van der Waals surface area contributed by atoms with Crippen molar-refractivity contribution in [2.75, 3.05) is 25.5 Å². The number of amides is 2. The molecular formula is C13H19N3O2S. The third-order valence-corrected chi connectivity index (χ3v) is 4.27. The van der Waals surface area contributed by atoms with Gasteiger partial charge in [0.1, 0.15) is 0 Å². The van der Waals surface area contributed by atoms with Crippen molar-refractivity contribution >= 4 is 28.2 Å². The van der Waals surface area contributed by atoms with Crippen molar-refractivity contribution in [1.29, 1.82) is 0 Å². The minimum absolute atomic E-state index is 0.0738. The first-order valence-electron chi connectivity index (χ1n) is 6.49. The summed E-state index contributed by atoms with van der Waals surface area (Å²) in [6.45, 7) is 3.48. The largest absolute Gasteiger partial charge is 0.338 e. The van der Waals surface area contributed by atoms with E-state index in [0.29, 0.717) is 4.88 Å². The van der Waals surface area contributed by atoms with Crippen LogP contribution in [0, 0.1) is 0 Å². The van der Waals surface area contributed by atoms with Crippen LogP contribution >= 0.6 is 11.3 Å². The molecule has 0 saturated carbocycles. The number of carbonyl (C=O) groups is 2. The molecule has 0 unspecified atom stereocenters. The summed E-state index contributed by atoms with van der Waals surface area (Å²) >= 11 is 1.33. The number of hydrogen-bond acceptors (Lipinski definition) is 4. The van der Waals surface area contributed by atoms with Gasteiger partial charge < -0.3 is 15.5 Å². The maximum absolute atomic E-state index is 12.1. The van der Waals surface area contributed by atoms with Crippen LogP contribution in [0.4, 0.5) is 5.00 Å². The van der Waals surface area contributed by atoms with Gasteiger partial charge in [-0.05, 0) is 38.9 Å². The zero-order valence-electron chi connectivity index (χ0n) is 11.2. The predicted molar refractivity (Wildman–Crippen MR) is 76.6 cm³/mol. The molecule has 1 aliphatic heterocycles. The van der Waals surface area contributed by atoms with Gasteiger partial charge in [-0.15, -0.1) is 11.3 Å². The highest BCUT2D eigenvalue weighted by atomic mass is 32.1. The normalized spacial score (nSPS) is 16.4. The summed E-state index contributed by atoms with van der Waals surface area (Å²) in [4.78, 5) is 26.4. The molecule has 0 aliphatic carbocycles. The second kappa shape index (κ2) is 6.16. The summed E-state index contributed by atoms with van der Waals surface area (Å²) in [5.74, 6) is -0.0193. The standard InChI is InChI=1S/C13H19N3O2S/c1-9(14-2)12(17)15-11-6-5-10(19-11)13(18)16-7-3-4-8-16/h5-6,9,14H,3-4,7-8H2,1-2H3,(H,15,17)/t9-/m1/s1. The Labute approximate surface area is 117 Å². The van der Waals surface area contributed by atoms with E-state index in [2.05, 4.69) is 10.6 Å². The van der Waals surface area contributed by atoms with Gasteiger partial charge in [-0.3, -0.25) is 9.59 Å². The Hall–Kier alpha value is -1.40. The molecule has 1 saturated heterocycles. The van der Waals surface area contributed by atoms with Gasteiger partial charge in [-0.2, -0.15) is 0 Å². The summed E-state index contributed by atoms with van der Waals surface area (Å²) in [6.07, 6.45) is 2.17. The van der Waals surface area contributed by atoms with E-state index >= 15 is 0 Å². The van der Waals surface area contributed by atoms with Gasteiger partial charge in [0.15, 0.2) is 0 Å². The Kier molecular flexibility index (Phi) is 4.55. The van der Waals surface area contributed by atoms with Crippen molar-refractivity contribution in [1.82, 2.24) is 10.2 Å². The molecule has 1 fully saturated rings. The molecule has 6 heteroatoms.